The quantitative estimate of drug-likeness (QED) is 0.535. The molecule has 0 spiro atoms. The summed E-state index contributed by atoms with van der Waals surface area (Å²) in [4.78, 5) is 24.4. The first-order valence-electron chi connectivity index (χ1n) is 9.65. The molecule has 1 aliphatic rings. The Morgan fingerprint density at radius 1 is 1.00 bits per heavy atom. The van der Waals surface area contributed by atoms with Crippen molar-refractivity contribution < 1.29 is 22.7 Å². The normalized spacial score (nSPS) is 16.9. The van der Waals surface area contributed by atoms with Crippen molar-refractivity contribution in [2.24, 2.45) is 0 Å². The van der Waals surface area contributed by atoms with Gasteiger partial charge >= 0.3 is 5.97 Å². The van der Waals surface area contributed by atoms with Crippen LogP contribution >= 0.6 is 0 Å². The highest BCUT2D eigenvalue weighted by Crippen LogP contribution is 2.38. The highest BCUT2D eigenvalue weighted by Gasteiger charge is 2.46. The van der Waals surface area contributed by atoms with Crippen LogP contribution in [0.25, 0.3) is 0 Å². The molecular weight excluding hydrogens is 390 g/mol. The van der Waals surface area contributed by atoms with Gasteiger partial charge in [-0.15, -0.1) is 0 Å². The molecule has 6 nitrogen and oxygen atoms in total. The lowest BCUT2D eigenvalue weighted by molar-refractivity contribution is -0.152. The lowest BCUT2D eigenvalue weighted by atomic mass is 9.73. The fraction of sp³-hybridized carbons (Fsp3) is 0.364. The summed E-state index contributed by atoms with van der Waals surface area (Å²) in [5, 5.41) is 0. The van der Waals surface area contributed by atoms with Gasteiger partial charge in [0.2, 0.25) is 10.0 Å². The molecule has 0 aliphatic carbocycles. The molecule has 0 radical (unpaired) electrons. The van der Waals surface area contributed by atoms with Crippen molar-refractivity contribution in [3.05, 3.63) is 65.7 Å². The lowest BCUT2D eigenvalue weighted by Crippen LogP contribution is -2.49. The molecular formula is C22H25NO5S. The summed E-state index contributed by atoms with van der Waals surface area (Å²) in [6.45, 7) is 3.90. The Labute approximate surface area is 171 Å². The van der Waals surface area contributed by atoms with E-state index in [0.717, 1.165) is 5.56 Å². The van der Waals surface area contributed by atoms with Gasteiger partial charge in [-0.2, -0.15) is 4.31 Å². The minimum absolute atomic E-state index is 0.117. The van der Waals surface area contributed by atoms with Crippen LogP contribution in [0.2, 0.25) is 0 Å². The third kappa shape index (κ3) is 4.11. The summed E-state index contributed by atoms with van der Waals surface area (Å²) in [6, 6.07) is 15.4. The zero-order valence-corrected chi connectivity index (χ0v) is 17.4. The molecule has 0 amide bonds. The molecule has 1 aliphatic heterocycles. The van der Waals surface area contributed by atoms with Crippen LogP contribution in [0.15, 0.2) is 59.5 Å². The number of hydrogen-bond acceptors (Lipinski definition) is 5. The van der Waals surface area contributed by atoms with E-state index in [9.17, 15) is 18.0 Å². The van der Waals surface area contributed by atoms with E-state index in [1.807, 2.05) is 30.3 Å². The van der Waals surface area contributed by atoms with Gasteiger partial charge in [0.15, 0.2) is 5.78 Å². The average molecular weight is 416 g/mol. The molecule has 0 saturated carbocycles. The summed E-state index contributed by atoms with van der Waals surface area (Å²) in [5.41, 5.74) is 0.469. The van der Waals surface area contributed by atoms with Crippen molar-refractivity contribution in [1.82, 2.24) is 4.31 Å². The lowest BCUT2D eigenvalue weighted by Gasteiger charge is -2.39. The minimum atomic E-state index is -3.70. The van der Waals surface area contributed by atoms with E-state index in [1.165, 1.54) is 35.5 Å². The monoisotopic (exact) mass is 415 g/mol. The van der Waals surface area contributed by atoms with Crippen LogP contribution in [0.5, 0.6) is 0 Å². The molecule has 2 aromatic carbocycles. The number of benzene rings is 2. The number of hydrogen-bond donors (Lipinski definition) is 0. The number of nitrogens with zero attached hydrogens (tertiary/aromatic N) is 1. The fourth-order valence-electron chi connectivity index (χ4n) is 3.76. The zero-order chi connectivity index (χ0) is 21.1. The minimum Gasteiger partial charge on any atom is -0.465 e. The van der Waals surface area contributed by atoms with Crippen molar-refractivity contribution in [1.29, 1.82) is 0 Å². The average Bonchev–Trinajstić information content (AvgIpc) is 2.74. The molecule has 0 bridgehead atoms. The smallest absolute Gasteiger partial charge is 0.316 e. The maximum Gasteiger partial charge on any atom is 0.316 e. The molecule has 154 valence electrons. The molecule has 7 heteroatoms. The SMILES string of the molecule is CCOC(=O)C1(c2ccccc2)CCN(S(=O)(=O)c2ccc(C(C)=O)cc2)CC1. The van der Waals surface area contributed by atoms with Crippen molar-refractivity contribution in [2.45, 2.75) is 37.0 Å². The molecule has 29 heavy (non-hydrogen) atoms. The number of carbonyl (C=O) groups excluding carboxylic acids is 2. The second-order valence-corrected chi connectivity index (χ2v) is 9.09. The molecule has 0 aromatic heterocycles. The molecule has 1 heterocycles. The Bertz CT molecular complexity index is 976. The van der Waals surface area contributed by atoms with E-state index in [1.54, 1.807) is 6.92 Å². The van der Waals surface area contributed by atoms with Gasteiger partial charge in [-0.1, -0.05) is 42.5 Å². The number of sulfonamides is 1. The molecule has 0 N–H and O–H groups in total. The Balaban J connectivity index is 1.84. The second-order valence-electron chi connectivity index (χ2n) is 7.15. The van der Waals surface area contributed by atoms with E-state index in [2.05, 4.69) is 0 Å². The number of esters is 1. The van der Waals surface area contributed by atoms with Crippen LogP contribution in [0, 0.1) is 0 Å². The number of ketones is 1. The first-order chi connectivity index (χ1) is 13.8. The van der Waals surface area contributed by atoms with Crippen LogP contribution in [0.4, 0.5) is 0 Å². The summed E-state index contributed by atoms with van der Waals surface area (Å²) in [7, 11) is -3.70. The van der Waals surface area contributed by atoms with Gasteiger partial charge in [0.25, 0.3) is 0 Å². The highest BCUT2D eigenvalue weighted by atomic mass is 32.2. The number of rotatable bonds is 6. The van der Waals surface area contributed by atoms with E-state index < -0.39 is 15.4 Å². The summed E-state index contributed by atoms with van der Waals surface area (Å²) >= 11 is 0. The third-order valence-corrected chi connectivity index (χ3v) is 7.38. The second kappa shape index (κ2) is 8.47. The van der Waals surface area contributed by atoms with E-state index in [0.29, 0.717) is 18.4 Å². The van der Waals surface area contributed by atoms with Gasteiger partial charge in [-0.05, 0) is 44.4 Å². The Hall–Kier alpha value is -2.51. The first kappa shape index (κ1) is 21.2. The van der Waals surface area contributed by atoms with E-state index in [4.69, 9.17) is 4.74 Å². The van der Waals surface area contributed by atoms with Crippen molar-refractivity contribution in [3.8, 4) is 0 Å². The molecule has 3 rings (SSSR count). The highest BCUT2D eigenvalue weighted by molar-refractivity contribution is 7.89. The van der Waals surface area contributed by atoms with Gasteiger partial charge in [-0.25, -0.2) is 8.42 Å². The van der Waals surface area contributed by atoms with Gasteiger partial charge in [0.05, 0.1) is 16.9 Å². The largest absolute Gasteiger partial charge is 0.465 e. The number of ether oxygens (including phenoxy) is 1. The Morgan fingerprint density at radius 2 is 1.59 bits per heavy atom. The maximum absolute atomic E-state index is 13.0. The van der Waals surface area contributed by atoms with Gasteiger partial charge in [-0.3, -0.25) is 9.59 Å². The van der Waals surface area contributed by atoms with Crippen LogP contribution in [-0.2, 0) is 25.0 Å². The maximum atomic E-state index is 13.0. The summed E-state index contributed by atoms with van der Waals surface area (Å²) in [6.07, 6.45) is 0.696. The van der Waals surface area contributed by atoms with Gasteiger partial charge < -0.3 is 4.74 Å². The summed E-state index contributed by atoms with van der Waals surface area (Å²) in [5.74, 6) is -0.428. The van der Waals surface area contributed by atoms with E-state index in [-0.39, 0.29) is 36.3 Å². The topological polar surface area (TPSA) is 80.8 Å². The predicted octanol–water partition coefficient (Wildman–Crippen LogP) is 3.17. The van der Waals surface area contributed by atoms with Crippen molar-refractivity contribution in [3.63, 3.8) is 0 Å². The fourth-order valence-corrected chi connectivity index (χ4v) is 5.20. The number of piperidine rings is 1. The van der Waals surface area contributed by atoms with E-state index >= 15 is 0 Å². The summed E-state index contributed by atoms with van der Waals surface area (Å²) < 4.78 is 32.8. The third-order valence-electron chi connectivity index (χ3n) is 5.47. The van der Waals surface area contributed by atoms with Crippen LogP contribution in [0.1, 0.15) is 42.6 Å². The molecule has 0 atom stereocenters. The van der Waals surface area contributed by atoms with Crippen LogP contribution in [0.3, 0.4) is 0 Å². The zero-order valence-electron chi connectivity index (χ0n) is 16.6. The van der Waals surface area contributed by atoms with Crippen LogP contribution < -0.4 is 0 Å². The van der Waals surface area contributed by atoms with Crippen LogP contribution in [-0.4, -0.2) is 44.2 Å². The number of carbonyl (C=O) groups is 2. The predicted molar refractivity (Wildman–Crippen MR) is 109 cm³/mol. The Morgan fingerprint density at radius 3 is 2.10 bits per heavy atom. The molecule has 1 fully saturated rings. The molecule has 1 saturated heterocycles. The van der Waals surface area contributed by atoms with Gasteiger partial charge in [0.1, 0.15) is 0 Å². The molecule has 2 aromatic rings. The Kier molecular flexibility index (Phi) is 6.19. The first-order valence-corrected chi connectivity index (χ1v) is 11.1. The number of Topliss-reactive ketones (excluding diaryl/α,β-unsaturated/α-hetero) is 1. The molecule has 0 unspecified atom stereocenters. The standard InChI is InChI=1S/C22H25NO5S/c1-3-28-21(25)22(19-7-5-4-6-8-19)13-15-23(16-14-22)29(26,27)20-11-9-18(10-12-20)17(2)24/h4-12H,3,13-16H2,1-2H3. The van der Waals surface area contributed by atoms with Gasteiger partial charge in [0, 0.05) is 18.7 Å². The van der Waals surface area contributed by atoms with Crippen molar-refractivity contribution in [2.75, 3.05) is 19.7 Å². The van der Waals surface area contributed by atoms with Crippen molar-refractivity contribution >= 4 is 21.8 Å².